The molecular weight excluding hydrogens is 617 g/mol. The lowest BCUT2D eigenvalue weighted by molar-refractivity contribution is 0.414. The minimum Gasteiger partial charge on any atom is -0.310 e. The fraction of sp³-hybridized carbons (Fsp3) is 0.265. The summed E-state index contributed by atoms with van der Waals surface area (Å²) in [4.78, 5) is 4.91. The number of hydrogen-bond donors (Lipinski definition) is 0. The van der Waals surface area contributed by atoms with E-state index in [2.05, 4.69) is 185 Å². The third kappa shape index (κ3) is 6.73. The molecule has 0 aliphatic heterocycles. The van der Waals surface area contributed by atoms with Crippen molar-refractivity contribution in [3.8, 4) is 11.1 Å². The maximum Gasteiger partial charge on any atom is 0.0465 e. The molecule has 2 nitrogen and oxygen atoms in total. The first-order chi connectivity index (χ1) is 24.8. The summed E-state index contributed by atoms with van der Waals surface area (Å²) in [7, 11) is 0. The highest BCUT2D eigenvalue weighted by Gasteiger charge is 2.43. The average molecular weight is 669 g/mol. The van der Waals surface area contributed by atoms with Gasteiger partial charge in [-0.15, -0.1) is 0 Å². The molecule has 0 saturated heterocycles. The average Bonchev–Trinajstić information content (AvgIpc) is 3.38. The van der Waals surface area contributed by atoms with Gasteiger partial charge in [-0.25, -0.2) is 0 Å². The second-order valence-electron chi connectivity index (χ2n) is 14.8. The maximum absolute atomic E-state index is 2.55. The zero-order valence-electron chi connectivity index (χ0n) is 31.3. The Kier molecular flexibility index (Phi) is 9.87. The molecule has 0 bridgehead atoms. The van der Waals surface area contributed by atoms with Crippen LogP contribution in [-0.4, -0.2) is 0 Å². The summed E-state index contributed by atoms with van der Waals surface area (Å²) < 4.78 is 0. The fourth-order valence-corrected chi connectivity index (χ4v) is 8.33. The van der Waals surface area contributed by atoms with Crippen molar-refractivity contribution >= 4 is 34.1 Å². The molecule has 6 aromatic carbocycles. The van der Waals surface area contributed by atoms with Gasteiger partial charge in [0.05, 0.1) is 0 Å². The second-order valence-corrected chi connectivity index (χ2v) is 14.8. The largest absolute Gasteiger partial charge is 0.310 e. The molecule has 1 aliphatic carbocycles. The first kappa shape index (κ1) is 34.4. The van der Waals surface area contributed by atoms with E-state index in [4.69, 9.17) is 0 Å². The van der Waals surface area contributed by atoms with Crippen LogP contribution in [0, 0.1) is 27.7 Å². The van der Waals surface area contributed by atoms with Crippen molar-refractivity contribution in [3.63, 3.8) is 0 Å². The Morgan fingerprint density at radius 2 is 0.706 bits per heavy atom. The van der Waals surface area contributed by atoms with Crippen LogP contribution in [0.2, 0.25) is 0 Å². The SMILES string of the molecule is CCCCC1(CCCC)c2cc(N(c3cccc(C)c3)c3cccc(C)c3)ccc2-c2ccc(N(c3cccc(C)c3)c3cccc(C)c3)cc21. The van der Waals surface area contributed by atoms with E-state index < -0.39 is 0 Å². The van der Waals surface area contributed by atoms with Gasteiger partial charge in [-0.05, 0) is 158 Å². The molecule has 0 amide bonds. The predicted octanol–water partition coefficient (Wildman–Crippen LogP) is 14.5. The number of aryl methyl sites for hydroxylation is 4. The highest BCUT2D eigenvalue weighted by Crippen LogP contribution is 2.57. The summed E-state index contributed by atoms with van der Waals surface area (Å²) in [6.07, 6.45) is 7.01. The van der Waals surface area contributed by atoms with E-state index in [0.29, 0.717) is 0 Å². The lowest BCUT2D eigenvalue weighted by Gasteiger charge is -2.35. The molecule has 1 aliphatic rings. The highest BCUT2D eigenvalue weighted by molar-refractivity contribution is 5.88. The van der Waals surface area contributed by atoms with Crippen molar-refractivity contribution in [2.24, 2.45) is 0 Å². The molecule has 0 unspecified atom stereocenters. The predicted molar refractivity (Wildman–Crippen MR) is 220 cm³/mol. The van der Waals surface area contributed by atoms with E-state index in [-0.39, 0.29) is 5.41 Å². The Morgan fingerprint density at radius 1 is 0.392 bits per heavy atom. The van der Waals surface area contributed by atoms with E-state index in [1.54, 1.807) is 0 Å². The normalized spacial score (nSPS) is 12.7. The molecule has 7 rings (SSSR count). The Labute approximate surface area is 306 Å². The third-order valence-corrected chi connectivity index (χ3v) is 10.8. The van der Waals surface area contributed by atoms with Crippen LogP contribution in [0.5, 0.6) is 0 Å². The van der Waals surface area contributed by atoms with Crippen molar-refractivity contribution in [1.82, 2.24) is 0 Å². The number of fused-ring (bicyclic) bond motifs is 3. The Bertz CT molecular complexity index is 1910. The van der Waals surface area contributed by atoms with Gasteiger partial charge >= 0.3 is 0 Å². The van der Waals surface area contributed by atoms with Crippen LogP contribution in [0.4, 0.5) is 34.1 Å². The number of hydrogen-bond acceptors (Lipinski definition) is 2. The smallest absolute Gasteiger partial charge is 0.0465 e. The molecule has 6 aromatic rings. The number of benzene rings is 6. The maximum atomic E-state index is 2.55. The lowest BCUT2D eigenvalue weighted by atomic mass is 9.70. The van der Waals surface area contributed by atoms with Crippen LogP contribution in [0.25, 0.3) is 11.1 Å². The molecule has 0 atom stereocenters. The van der Waals surface area contributed by atoms with Crippen LogP contribution in [0.1, 0.15) is 85.8 Å². The van der Waals surface area contributed by atoms with E-state index in [1.807, 2.05) is 0 Å². The number of unbranched alkanes of at least 4 members (excludes halogenated alkanes) is 2. The molecule has 0 radical (unpaired) electrons. The number of anilines is 6. The van der Waals surface area contributed by atoms with Gasteiger partial charge in [-0.3, -0.25) is 0 Å². The molecule has 258 valence electrons. The van der Waals surface area contributed by atoms with Gasteiger partial charge in [0.1, 0.15) is 0 Å². The molecule has 2 heteroatoms. The first-order valence-corrected chi connectivity index (χ1v) is 19.0. The fourth-order valence-electron chi connectivity index (χ4n) is 8.33. The van der Waals surface area contributed by atoms with E-state index in [9.17, 15) is 0 Å². The van der Waals surface area contributed by atoms with Crippen molar-refractivity contribution in [2.45, 2.75) is 85.5 Å². The van der Waals surface area contributed by atoms with Crippen LogP contribution in [0.15, 0.2) is 133 Å². The van der Waals surface area contributed by atoms with Crippen LogP contribution in [-0.2, 0) is 5.41 Å². The quantitative estimate of drug-likeness (QED) is 0.128. The van der Waals surface area contributed by atoms with Crippen LogP contribution in [0.3, 0.4) is 0 Å². The molecule has 0 aromatic heterocycles. The second kappa shape index (κ2) is 14.6. The zero-order chi connectivity index (χ0) is 35.5. The molecule has 0 fully saturated rings. The molecule has 0 spiro atoms. The lowest BCUT2D eigenvalue weighted by Crippen LogP contribution is -2.26. The minimum atomic E-state index is -0.0710. The van der Waals surface area contributed by atoms with Gasteiger partial charge in [0.2, 0.25) is 0 Å². The topological polar surface area (TPSA) is 6.48 Å². The monoisotopic (exact) mass is 668 g/mol. The van der Waals surface area contributed by atoms with Crippen molar-refractivity contribution in [3.05, 3.63) is 167 Å². The third-order valence-electron chi connectivity index (χ3n) is 10.8. The van der Waals surface area contributed by atoms with Crippen molar-refractivity contribution in [2.75, 3.05) is 9.80 Å². The first-order valence-electron chi connectivity index (χ1n) is 19.0. The summed E-state index contributed by atoms with van der Waals surface area (Å²) in [6, 6.07) is 50.3. The van der Waals surface area contributed by atoms with E-state index in [0.717, 1.165) is 12.8 Å². The Hall–Kier alpha value is -5.08. The van der Waals surface area contributed by atoms with Gasteiger partial charge in [0.15, 0.2) is 0 Å². The highest BCUT2D eigenvalue weighted by atomic mass is 15.1. The van der Waals surface area contributed by atoms with Gasteiger partial charge in [-0.2, -0.15) is 0 Å². The summed E-state index contributed by atoms with van der Waals surface area (Å²) in [5.41, 5.74) is 17.9. The van der Waals surface area contributed by atoms with E-state index >= 15 is 0 Å². The summed E-state index contributed by atoms with van der Waals surface area (Å²) in [5.74, 6) is 0. The molecule has 51 heavy (non-hydrogen) atoms. The number of rotatable bonds is 12. The van der Waals surface area contributed by atoms with Crippen molar-refractivity contribution < 1.29 is 0 Å². The molecule has 0 N–H and O–H groups in total. The van der Waals surface area contributed by atoms with Crippen LogP contribution < -0.4 is 9.80 Å². The minimum absolute atomic E-state index is 0.0710. The molecule has 0 saturated carbocycles. The van der Waals surface area contributed by atoms with Gasteiger partial charge < -0.3 is 9.80 Å². The van der Waals surface area contributed by atoms with E-state index in [1.165, 1.54) is 104 Å². The summed E-state index contributed by atoms with van der Waals surface area (Å²) in [6.45, 7) is 13.4. The van der Waals surface area contributed by atoms with Gasteiger partial charge in [0.25, 0.3) is 0 Å². The standard InChI is InChI=1S/C49H52N2/c1-7-9-27-49(28-10-8-2)47-33-43(50(39-19-11-15-35(3)29-39)40-20-12-16-36(4)30-40)23-25-45(47)46-26-24-44(34-48(46)49)51(41-21-13-17-37(5)31-41)42-22-14-18-38(6)32-42/h11-26,29-34H,7-10,27-28H2,1-6H3. The van der Waals surface area contributed by atoms with Crippen LogP contribution >= 0.6 is 0 Å². The molecule has 0 heterocycles. The summed E-state index contributed by atoms with van der Waals surface area (Å²) >= 11 is 0. The van der Waals surface area contributed by atoms with Gasteiger partial charge in [-0.1, -0.05) is 100 Å². The number of nitrogens with zero attached hydrogens (tertiary/aromatic N) is 2. The Morgan fingerprint density at radius 3 is 1.00 bits per heavy atom. The van der Waals surface area contributed by atoms with Crippen molar-refractivity contribution in [1.29, 1.82) is 0 Å². The van der Waals surface area contributed by atoms with Gasteiger partial charge in [0, 0.05) is 39.5 Å². The zero-order valence-corrected chi connectivity index (χ0v) is 31.3. The Balaban J connectivity index is 1.44. The molecular formula is C49H52N2. The summed E-state index contributed by atoms with van der Waals surface area (Å²) in [5, 5.41) is 0.